The minimum atomic E-state index is -0.977. The van der Waals surface area contributed by atoms with E-state index < -0.39 is 11.4 Å². The topological polar surface area (TPSA) is 84.2 Å². The summed E-state index contributed by atoms with van der Waals surface area (Å²) >= 11 is 3.38. The molecule has 1 aromatic heterocycles. The Labute approximate surface area is 135 Å². The fraction of sp³-hybridized carbons (Fsp3) is 0.267. The van der Waals surface area contributed by atoms with Gasteiger partial charge in [-0.25, -0.2) is 0 Å². The van der Waals surface area contributed by atoms with Gasteiger partial charge in [0.2, 0.25) is 5.91 Å². The van der Waals surface area contributed by atoms with Gasteiger partial charge in [0, 0.05) is 16.7 Å². The van der Waals surface area contributed by atoms with Gasteiger partial charge < -0.3 is 10.4 Å². The van der Waals surface area contributed by atoms with Crippen LogP contribution in [-0.2, 0) is 21.5 Å². The van der Waals surface area contributed by atoms with E-state index in [0.29, 0.717) is 5.82 Å². The maximum atomic E-state index is 12.5. The van der Waals surface area contributed by atoms with Crippen molar-refractivity contribution in [2.24, 2.45) is 0 Å². The first kappa shape index (κ1) is 14.8. The summed E-state index contributed by atoms with van der Waals surface area (Å²) in [7, 11) is 0. The molecule has 22 heavy (non-hydrogen) atoms. The zero-order valence-corrected chi connectivity index (χ0v) is 13.2. The van der Waals surface area contributed by atoms with Gasteiger partial charge in [0.15, 0.2) is 5.82 Å². The van der Waals surface area contributed by atoms with Gasteiger partial charge in [-0.05, 0) is 30.5 Å². The van der Waals surface area contributed by atoms with Crippen LogP contribution in [0.1, 0.15) is 18.4 Å². The lowest BCUT2D eigenvalue weighted by atomic mass is 9.95. The van der Waals surface area contributed by atoms with E-state index in [0.717, 1.165) is 22.9 Å². The average molecular weight is 364 g/mol. The van der Waals surface area contributed by atoms with Crippen molar-refractivity contribution in [1.29, 1.82) is 0 Å². The molecule has 0 saturated heterocycles. The second kappa shape index (κ2) is 5.57. The number of carbonyl (C=O) groups excluding carboxylic acids is 1. The third-order valence-electron chi connectivity index (χ3n) is 3.76. The van der Waals surface area contributed by atoms with Gasteiger partial charge in [0.1, 0.15) is 6.54 Å². The summed E-state index contributed by atoms with van der Waals surface area (Å²) in [4.78, 5) is 23.2. The van der Waals surface area contributed by atoms with Crippen molar-refractivity contribution in [3.8, 4) is 0 Å². The molecule has 2 aromatic rings. The molecule has 0 spiro atoms. The van der Waals surface area contributed by atoms with E-state index >= 15 is 0 Å². The van der Waals surface area contributed by atoms with Crippen molar-refractivity contribution >= 4 is 33.6 Å². The molecule has 0 aliphatic heterocycles. The van der Waals surface area contributed by atoms with Crippen molar-refractivity contribution in [3.63, 3.8) is 0 Å². The molecule has 1 saturated carbocycles. The summed E-state index contributed by atoms with van der Waals surface area (Å²) in [5, 5.41) is 15.5. The molecular weight excluding hydrogens is 350 g/mol. The van der Waals surface area contributed by atoms with Gasteiger partial charge >= 0.3 is 5.97 Å². The molecule has 6 nitrogen and oxygen atoms in total. The van der Waals surface area contributed by atoms with Gasteiger partial charge in [-0.2, -0.15) is 5.10 Å². The van der Waals surface area contributed by atoms with Crippen LogP contribution in [0.4, 0.5) is 5.82 Å². The lowest BCUT2D eigenvalue weighted by Crippen LogP contribution is -2.28. The minimum absolute atomic E-state index is 0.101. The molecule has 1 aromatic carbocycles. The Morgan fingerprint density at radius 1 is 1.27 bits per heavy atom. The summed E-state index contributed by atoms with van der Waals surface area (Å²) in [6.07, 6.45) is 3.13. The number of amides is 1. The Morgan fingerprint density at radius 3 is 2.55 bits per heavy atom. The largest absolute Gasteiger partial charge is 0.480 e. The standard InChI is InChI=1S/C15H14BrN3O3/c16-11-3-1-10(2-4-11)15(6-7-15)14(22)17-12-5-8-19(18-12)9-13(20)21/h1-5,8H,6-7,9H2,(H,20,21)(H,17,18,22). The Bertz CT molecular complexity index is 720. The molecule has 1 aliphatic carbocycles. The van der Waals surface area contributed by atoms with E-state index in [-0.39, 0.29) is 12.5 Å². The summed E-state index contributed by atoms with van der Waals surface area (Å²) in [6.45, 7) is -0.228. The smallest absolute Gasteiger partial charge is 0.325 e. The van der Waals surface area contributed by atoms with E-state index in [1.54, 1.807) is 6.07 Å². The van der Waals surface area contributed by atoms with Gasteiger partial charge in [-0.3, -0.25) is 14.3 Å². The molecule has 3 rings (SSSR count). The Morgan fingerprint density at radius 2 is 1.95 bits per heavy atom. The number of halogens is 1. The number of carboxylic acid groups (broad SMARTS) is 1. The SMILES string of the molecule is O=C(O)Cn1ccc(NC(=O)C2(c3ccc(Br)cc3)CC2)n1. The first-order valence-electron chi connectivity index (χ1n) is 6.82. The monoisotopic (exact) mass is 363 g/mol. The van der Waals surface area contributed by atoms with Crippen LogP contribution in [0.25, 0.3) is 0 Å². The fourth-order valence-corrected chi connectivity index (χ4v) is 2.70. The number of rotatable bonds is 5. The number of benzene rings is 1. The molecule has 2 N–H and O–H groups in total. The van der Waals surface area contributed by atoms with E-state index in [4.69, 9.17) is 5.11 Å². The Kier molecular flexibility index (Phi) is 3.74. The number of hydrogen-bond acceptors (Lipinski definition) is 3. The molecule has 0 atom stereocenters. The Balaban J connectivity index is 1.73. The van der Waals surface area contributed by atoms with Crippen molar-refractivity contribution in [3.05, 3.63) is 46.6 Å². The second-order valence-electron chi connectivity index (χ2n) is 5.34. The van der Waals surface area contributed by atoms with Crippen LogP contribution in [0, 0.1) is 0 Å². The summed E-state index contributed by atoms with van der Waals surface area (Å²) in [5.41, 5.74) is 0.496. The van der Waals surface area contributed by atoms with Crippen molar-refractivity contribution < 1.29 is 14.7 Å². The number of anilines is 1. The average Bonchev–Trinajstić information content (AvgIpc) is 3.17. The molecule has 1 aliphatic rings. The Hall–Kier alpha value is -2.15. The molecule has 1 fully saturated rings. The van der Waals surface area contributed by atoms with Crippen LogP contribution in [-0.4, -0.2) is 26.8 Å². The normalized spacial score (nSPS) is 15.3. The van der Waals surface area contributed by atoms with Crippen LogP contribution in [0.5, 0.6) is 0 Å². The number of carbonyl (C=O) groups is 2. The van der Waals surface area contributed by atoms with Gasteiger partial charge in [0.25, 0.3) is 0 Å². The number of nitrogens with zero attached hydrogens (tertiary/aromatic N) is 2. The van der Waals surface area contributed by atoms with Crippen molar-refractivity contribution in [2.75, 3.05) is 5.32 Å². The van der Waals surface area contributed by atoms with Crippen LogP contribution < -0.4 is 5.32 Å². The minimum Gasteiger partial charge on any atom is -0.480 e. The molecule has 1 amide bonds. The van der Waals surface area contributed by atoms with E-state index in [2.05, 4.69) is 26.3 Å². The lowest BCUT2D eigenvalue weighted by molar-refractivity contribution is -0.137. The molecule has 0 radical (unpaired) electrons. The third kappa shape index (κ3) is 2.89. The highest BCUT2D eigenvalue weighted by atomic mass is 79.9. The number of aliphatic carboxylic acids is 1. The fourth-order valence-electron chi connectivity index (χ4n) is 2.43. The predicted molar refractivity (Wildman–Crippen MR) is 83.5 cm³/mol. The summed E-state index contributed by atoms with van der Waals surface area (Å²) in [6, 6.07) is 9.33. The van der Waals surface area contributed by atoms with Crippen LogP contribution in [0.2, 0.25) is 0 Å². The highest BCUT2D eigenvalue weighted by molar-refractivity contribution is 9.10. The van der Waals surface area contributed by atoms with Gasteiger partial charge in [0.05, 0.1) is 5.41 Å². The molecule has 1 heterocycles. The molecule has 114 valence electrons. The van der Waals surface area contributed by atoms with E-state index in [1.165, 1.54) is 10.9 Å². The van der Waals surface area contributed by atoms with E-state index in [9.17, 15) is 9.59 Å². The quantitative estimate of drug-likeness (QED) is 0.854. The van der Waals surface area contributed by atoms with Crippen LogP contribution in [0.15, 0.2) is 41.0 Å². The number of hydrogen-bond donors (Lipinski definition) is 2. The van der Waals surface area contributed by atoms with Crippen LogP contribution in [0.3, 0.4) is 0 Å². The number of aromatic nitrogens is 2. The van der Waals surface area contributed by atoms with E-state index in [1.807, 2.05) is 24.3 Å². The van der Waals surface area contributed by atoms with Gasteiger partial charge in [-0.1, -0.05) is 28.1 Å². The zero-order chi connectivity index (χ0) is 15.7. The number of carboxylic acids is 1. The molecular formula is C15H14BrN3O3. The van der Waals surface area contributed by atoms with Crippen molar-refractivity contribution in [1.82, 2.24) is 9.78 Å². The summed E-state index contributed by atoms with van der Waals surface area (Å²) in [5.74, 6) is -0.709. The van der Waals surface area contributed by atoms with Gasteiger partial charge in [-0.15, -0.1) is 0 Å². The zero-order valence-electron chi connectivity index (χ0n) is 11.6. The molecule has 7 heteroatoms. The first-order chi connectivity index (χ1) is 10.5. The highest BCUT2D eigenvalue weighted by Crippen LogP contribution is 2.49. The summed E-state index contributed by atoms with van der Waals surface area (Å²) < 4.78 is 2.25. The maximum Gasteiger partial charge on any atom is 0.325 e. The van der Waals surface area contributed by atoms with Crippen molar-refractivity contribution in [2.45, 2.75) is 24.8 Å². The maximum absolute atomic E-state index is 12.5. The molecule has 0 bridgehead atoms. The predicted octanol–water partition coefficient (Wildman–Crippen LogP) is 2.40. The number of nitrogens with one attached hydrogen (secondary N) is 1. The lowest BCUT2D eigenvalue weighted by Gasteiger charge is -2.14. The first-order valence-corrected chi connectivity index (χ1v) is 7.62. The second-order valence-corrected chi connectivity index (χ2v) is 6.25. The molecule has 0 unspecified atom stereocenters. The highest BCUT2D eigenvalue weighted by Gasteiger charge is 2.51. The third-order valence-corrected chi connectivity index (χ3v) is 4.29. The van der Waals surface area contributed by atoms with Crippen LogP contribution >= 0.6 is 15.9 Å².